The van der Waals surface area contributed by atoms with Gasteiger partial charge >= 0.3 is 0 Å². The van der Waals surface area contributed by atoms with Gasteiger partial charge in [0.05, 0.1) is 26.3 Å². The Kier molecular flexibility index (Phi) is 4.74. The lowest BCUT2D eigenvalue weighted by Gasteiger charge is -2.25. The van der Waals surface area contributed by atoms with Gasteiger partial charge in [0.1, 0.15) is 5.75 Å². The summed E-state index contributed by atoms with van der Waals surface area (Å²) in [5, 5.41) is 5.46. The van der Waals surface area contributed by atoms with E-state index in [0.29, 0.717) is 28.6 Å². The zero-order valence-corrected chi connectivity index (χ0v) is 13.9. The van der Waals surface area contributed by atoms with Gasteiger partial charge in [-0.1, -0.05) is 12.1 Å². The first-order chi connectivity index (χ1) is 12.1. The molecule has 7 heteroatoms. The number of para-hydroxylation sites is 2. The summed E-state index contributed by atoms with van der Waals surface area (Å²) in [6, 6.07) is 12.1. The average Bonchev–Trinajstić information content (AvgIpc) is 2.62. The topological polar surface area (TPSA) is 85.9 Å². The molecule has 0 bridgehead atoms. The Hall–Kier alpha value is -3.22. The molecule has 0 aliphatic carbocycles. The highest BCUT2D eigenvalue weighted by molar-refractivity contribution is 6.02. The standard InChI is InChI=1S/C18H18N2O5/c1-23-14-8-7-11(9-15(14)24-2)19-17(21)10-16-18(22)20-12-5-3-4-6-13(12)25-16/h3-9,16H,10H2,1-2H3,(H,19,21)(H,20,22). The smallest absolute Gasteiger partial charge is 0.266 e. The molecule has 1 unspecified atom stereocenters. The molecule has 0 saturated heterocycles. The van der Waals surface area contributed by atoms with Crippen LogP contribution in [0.4, 0.5) is 11.4 Å². The van der Waals surface area contributed by atoms with E-state index in [2.05, 4.69) is 10.6 Å². The summed E-state index contributed by atoms with van der Waals surface area (Å²) < 4.78 is 16.0. The van der Waals surface area contributed by atoms with Gasteiger partial charge in [0, 0.05) is 11.8 Å². The number of anilines is 2. The van der Waals surface area contributed by atoms with Gasteiger partial charge in [-0.2, -0.15) is 0 Å². The third-order valence-corrected chi connectivity index (χ3v) is 3.74. The molecule has 7 nitrogen and oxygen atoms in total. The Morgan fingerprint density at radius 2 is 1.92 bits per heavy atom. The van der Waals surface area contributed by atoms with Crippen LogP contribution in [0.25, 0.3) is 0 Å². The van der Waals surface area contributed by atoms with E-state index in [0.717, 1.165) is 0 Å². The van der Waals surface area contributed by atoms with Crippen LogP contribution in [0.2, 0.25) is 0 Å². The number of methoxy groups -OCH3 is 2. The highest BCUT2D eigenvalue weighted by Crippen LogP contribution is 2.31. The van der Waals surface area contributed by atoms with E-state index in [1.165, 1.54) is 14.2 Å². The first-order valence-corrected chi connectivity index (χ1v) is 7.69. The van der Waals surface area contributed by atoms with Gasteiger partial charge in [0.2, 0.25) is 5.91 Å². The average molecular weight is 342 g/mol. The molecule has 2 N–H and O–H groups in total. The maximum atomic E-state index is 12.2. The molecule has 1 atom stereocenters. The fourth-order valence-corrected chi connectivity index (χ4v) is 2.52. The zero-order chi connectivity index (χ0) is 17.8. The van der Waals surface area contributed by atoms with Gasteiger partial charge in [0.25, 0.3) is 5.91 Å². The van der Waals surface area contributed by atoms with Crippen LogP contribution in [0.5, 0.6) is 17.2 Å². The molecular weight excluding hydrogens is 324 g/mol. The third kappa shape index (κ3) is 3.65. The Morgan fingerprint density at radius 1 is 1.16 bits per heavy atom. The molecule has 0 spiro atoms. The van der Waals surface area contributed by atoms with Crippen molar-refractivity contribution in [3.63, 3.8) is 0 Å². The number of fused-ring (bicyclic) bond motifs is 1. The molecule has 0 fully saturated rings. The van der Waals surface area contributed by atoms with Crippen LogP contribution in [-0.2, 0) is 9.59 Å². The summed E-state index contributed by atoms with van der Waals surface area (Å²) in [7, 11) is 3.05. The van der Waals surface area contributed by atoms with E-state index in [1.807, 2.05) is 0 Å². The molecule has 2 aromatic rings. The van der Waals surface area contributed by atoms with Crippen molar-refractivity contribution < 1.29 is 23.8 Å². The van der Waals surface area contributed by atoms with Crippen molar-refractivity contribution in [1.82, 2.24) is 0 Å². The molecule has 0 aromatic heterocycles. The first kappa shape index (κ1) is 16.6. The normalized spacial score (nSPS) is 15.4. The largest absolute Gasteiger partial charge is 0.493 e. The number of nitrogens with one attached hydrogen (secondary N) is 2. The number of ether oxygens (including phenoxy) is 3. The number of hydrogen-bond acceptors (Lipinski definition) is 5. The maximum absolute atomic E-state index is 12.2. The molecule has 1 aliphatic heterocycles. The number of carbonyl (C=O) groups excluding carboxylic acids is 2. The number of rotatable bonds is 5. The minimum atomic E-state index is -0.880. The first-order valence-electron chi connectivity index (χ1n) is 7.69. The summed E-state index contributed by atoms with van der Waals surface area (Å²) in [5.41, 5.74) is 1.14. The molecule has 25 heavy (non-hydrogen) atoms. The second-order valence-electron chi connectivity index (χ2n) is 5.41. The number of hydrogen-bond donors (Lipinski definition) is 2. The molecule has 2 amide bonds. The highest BCUT2D eigenvalue weighted by atomic mass is 16.5. The van der Waals surface area contributed by atoms with E-state index >= 15 is 0 Å². The summed E-state index contributed by atoms with van der Waals surface area (Å²) in [6.07, 6.45) is -0.982. The summed E-state index contributed by atoms with van der Waals surface area (Å²) in [5.74, 6) is 0.923. The molecule has 3 rings (SSSR count). The fraction of sp³-hybridized carbons (Fsp3) is 0.222. The van der Waals surface area contributed by atoms with E-state index in [-0.39, 0.29) is 18.2 Å². The van der Waals surface area contributed by atoms with Crippen molar-refractivity contribution in [3.05, 3.63) is 42.5 Å². The predicted octanol–water partition coefficient (Wildman–Crippen LogP) is 2.43. The van der Waals surface area contributed by atoms with Crippen LogP contribution in [0.15, 0.2) is 42.5 Å². The lowest BCUT2D eigenvalue weighted by Crippen LogP contribution is -2.39. The zero-order valence-electron chi connectivity index (χ0n) is 13.9. The Bertz CT molecular complexity index is 806. The van der Waals surface area contributed by atoms with Gasteiger partial charge < -0.3 is 24.8 Å². The van der Waals surface area contributed by atoms with Crippen LogP contribution in [0.1, 0.15) is 6.42 Å². The number of benzene rings is 2. The monoisotopic (exact) mass is 342 g/mol. The fourth-order valence-electron chi connectivity index (χ4n) is 2.52. The molecule has 1 aliphatic rings. The van der Waals surface area contributed by atoms with Crippen molar-refractivity contribution in [2.75, 3.05) is 24.9 Å². The molecule has 2 aromatic carbocycles. The summed E-state index contributed by atoms with van der Waals surface area (Å²) in [4.78, 5) is 24.3. The Labute approximate surface area is 144 Å². The minimum absolute atomic E-state index is 0.103. The van der Waals surface area contributed by atoms with Gasteiger partial charge in [-0.15, -0.1) is 0 Å². The van der Waals surface area contributed by atoms with Gasteiger partial charge in [-0.25, -0.2) is 0 Å². The van der Waals surface area contributed by atoms with Crippen LogP contribution < -0.4 is 24.8 Å². The highest BCUT2D eigenvalue weighted by Gasteiger charge is 2.29. The SMILES string of the molecule is COc1ccc(NC(=O)CC2Oc3ccccc3NC2=O)cc1OC. The summed E-state index contributed by atoms with van der Waals surface area (Å²) >= 11 is 0. The molecule has 130 valence electrons. The third-order valence-electron chi connectivity index (χ3n) is 3.74. The molecule has 0 saturated carbocycles. The van der Waals surface area contributed by atoms with E-state index in [4.69, 9.17) is 14.2 Å². The van der Waals surface area contributed by atoms with Gasteiger partial charge in [-0.3, -0.25) is 9.59 Å². The van der Waals surface area contributed by atoms with Crippen molar-refractivity contribution in [2.45, 2.75) is 12.5 Å². The lowest BCUT2D eigenvalue weighted by atomic mass is 10.1. The minimum Gasteiger partial charge on any atom is -0.493 e. The van der Waals surface area contributed by atoms with Gasteiger partial charge in [0.15, 0.2) is 17.6 Å². The second-order valence-corrected chi connectivity index (χ2v) is 5.41. The molecule has 0 radical (unpaired) electrons. The van der Waals surface area contributed by atoms with E-state index in [9.17, 15) is 9.59 Å². The Balaban J connectivity index is 1.66. The van der Waals surface area contributed by atoms with Gasteiger partial charge in [-0.05, 0) is 24.3 Å². The lowest BCUT2D eigenvalue weighted by molar-refractivity contribution is -0.128. The van der Waals surface area contributed by atoms with E-state index < -0.39 is 6.10 Å². The van der Waals surface area contributed by atoms with Crippen LogP contribution in [0.3, 0.4) is 0 Å². The van der Waals surface area contributed by atoms with Crippen LogP contribution >= 0.6 is 0 Å². The van der Waals surface area contributed by atoms with Crippen molar-refractivity contribution in [2.24, 2.45) is 0 Å². The Morgan fingerprint density at radius 3 is 2.68 bits per heavy atom. The molecular formula is C18H18N2O5. The second kappa shape index (κ2) is 7.12. The van der Waals surface area contributed by atoms with Crippen LogP contribution in [0, 0.1) is 0 Å². The number of amides is 2. The quantitative estimate of drug-likeness (QED) is 0.872. The van der Waals surface area contributed by atoms with E-state index in [1.54, 1.807) is 42.5 Å². The van der Waals surface area contributed by atoms with Crippen LogP contribution in [-0.4, -0.2) is 32.1 Å². The van der Waals surface area contributed by atoms with Crippen molar-refractivity contribution in [3.8, 4) is 17.2 Å². The number of carbonyl (C=O) groups is 2. The summed E-state index contributed by atoms with van der Waals surface area (Å²) in [6.45, 7) is 0. The predicted molar refractivity (Wildman–Crippen MR) is 92.3 cm³/mol. The molecule has 1 heterocycles. The maximum Gasteiger partial charge on any atom is 0.266 e. The van der Waals surface area contributed by atoms with Crippen molar-refractivity contribution >= 4 is 23.2 Å². The van der Waals surface area contributed by atoms with Crippen molar-refractivity contribution in [1.29, 1.82) is 0 Å².